The maximum atomic E-state index is 13.3. The number of likely N-dealkylation sites (N-methyl/N-ethyl adjacent to an activating group) is 1. The molecule has 0 aromatic heterocycles. The van der Waals surface area contributed by atoms with Gasteiger partial charge in [0.2, 0.25) is 0 Å². The van der Waals surface area contributed by atoms with E-state index < -0.39 is 12.0 Å². The molecule has 0 aliphatic carbocycles. The molecule has 2 aliphatic rings. The molecule has 3 amide bonds. The van der Waals surface area contributed by atoms with E-state index in [1.807, 2.05) is 60.4 Å². The average Bonchev–Trinajstić information content (AvgIpc) is 2.91. The smallest absolute Gasteiger partial charge is 0.338 e. The van der Waals surface area contributed by atoms with Crippen molar-refractivity contribution in [2.75, 3.05) is 46.4 Å². The number of amides is 3. The Morgan fingerprint density at radius 3 is 2.15 bits per heavy atom. The molecular formula is C31H40N4O4. The zero-order valence-electron chi connectivity index (χ0n) is 23.9. The van der Waals surface area contributed by atoms with Gasteiger partial charge in [0.15, 0.2) is 0 Å². The molecule has 0 bridgehead atoms. The quantitative estimate of drug-likeness (QED) is 0.562. The van der Waals surface area contributed by atoms with Crippen molar-refractivity contribution in [1.82, 2.24) is 20.0 Å². The van der Waals surface area contributed by atoms with E-state index in [0.717, 1.165) is 11.1 Å². The predicted molar refractivity (Wildman–Crippen MR) is 151 cm³/mol. The van der Waals surface area contributed by atoms with Crippen molar-refractivity contribution in [1.29, 1.82) is 0 Å². The molecule has 2 aliphatic heterocycles. The van der Waals surface area contributed by atoms with Crippen LogP contribution < -0.4 is 5.32 Å². The van der Waals surface area contributed by atoms with Crippen molar-refractivity contribution in [2.24, 2.45) is 0 Å². The van der Waals surface area contributed by atoms with E-state index in [0.29, 0.717) is 49.6 Å². The minimum Gasteiger partial charge on any atom is -0.463 e. The molecule has 2 aromatic rings. The van der Waals surface area contributed by atoms with E-state index in [1.165, 1.54) is 10.5 Å². The summed E-state index contributed by atoms with van der Waals surface area (Å²) in [4.78, 5) is 44.9. The number of rotatable bonds is 6. The Hall–Kier alpha value is -3.65. The van der Waals surface area contributed by atoms with Crippen LogP contribution in [0.15, 0.2) is 59.8 Å². The summed E-state index contributed by atoms with van der Waals surface area (Å²) in [6.07, 6.45) is 0. The number of hydrogen-bond donors (Lipinski definition) is 1. The van der Waals surface area contributed by atoms with Gasteiger partial charge in [-0.15, -0.1) is 0 Å². The van der Waals surface area contributed by atoms with Crippen molar-refractivity contribution in [3.05, 3.63) is 82.1 Å². The fourth-order valence-electron chi connectivity index (χ4n) is 5.02. The zero-order chi connectivity index (χ0) is 28.3. The number of carbonyl (C=O) groups is 3. The van der Waals surface area contributed by atoms with E-state index in [9.17, 15) is 14.4 Å². The summed E-state index contributed by atoms with van der Waals surface area (Å²) >= 11 is 0. The summed E-state index contributed by atoms with van der Waals surface area (Å²) in [5, 5.41) is 3.00. The van der Waals surface area contributed by atoms with Crippen molar-refractivity contribution >= 4 is 17.9 Å². The molecule has 8 nitrogen and oxygen atoms in total. The van der Waals surface area contributed by atoms with Gasteiger partial charge in [0.05, 0.1) is 18.2 Å². The van der Waals surface area contributed by atoms with Gasteiger partial charge in [-0.05, 0) is 42.5 Å². The van der Waals surface area contributed by atoms with Gasteiger partial charge < -0.3 is 15.0 Å². The molecule has 1 fully saturated rings. The molecule has 4 rings (SSSR count). The summed E-state index contributed by atoms with van der Waals surface area (Å²) < 4.78 is 5.47. The third-order valence-electron chi connectivity index (χ3n) is 7.51. The van der Waals surface area contributed by atoms with Crippen LogP contribution in [0.4, 0.5) is 4.79 Å². The molecule has 2 heterocycles. The Bertz CT molecular complexity index is 1240. The van der Waals surface area contributed by atoms with E-state index >= 15 is 0 Å². The molecule has 1 atom stereocenters. The second-order valence-electron chi connectivity index (χ2n) is 11.3. The molecule has 0 saturated carbocycles. The maximum absolute atomic E-state index is 13.3. The Morgan fingerprint density at radius 2 is 1.59 bits per heavy atom. The summed E-state index contributed by atoms with van der Waals surface area (Å²) in [7, 11) is 1.68. The van der Waals surface area contributed by atoms with Crippen molar-refractivity contribution in [3.63, 3.8) is 0 Å². The number of benzene rings is 2. The molecular weight excluding hydrogens is 492 g/mol. The highest BCUT2D eigenvalue weighted by Crippen LogP contribution is 2.33. The Kier molecular flexibility index (Phi) is 8.45. The van der Waals surface area contributed by atoms with Gasteiger partial charge in [-0.1, -0.05) is 62.7 Å². The Balaban J connectivity index is 1.57. The van der Waals surface area contributed by atoms with E-state index in [-0.39, 0.29) is 24.0 Å². The van der Waals surface area contributed by atoms with Crippen molar-refractivity contribution in [2.45, 2.75) is 46.1 Å². The summed E-state index contributed by atoms with van der Waals surface area (Å²) in [6.45, 7) is 13.3. The number of nitrogens with zero attached hydrogens (tertiary/aromatic N) is 3. The lowest BCUT2D eigenvalue weighted by atomic mass is 9.85. The van der Waals surface area contributed by atoms with Crippen molar-refractivity contribution < 1.29 is 19.1 Å². The topological polar surface area (TPSA) is 82.2 Å². The van der Waals surface area contributed by atoms with Crippen LogP contribution in [-0.2, 0) is 14.9 Å². The number of hydrogen-bond acceptors (Lipinski definition) is 5. The number of ether oxygens (including phenoxy) is 1. The fraction of sp³-hybridized carbons (Fsp3) is 0.452. The van der Waals surface area contributed by atoms with E-state index in [1.54, 1.807) is 14.0 Å². The van der Waals surface area contributed by atoms with Crippen LogP contribution in [0.5, 0.6) is 0 Å². The first kappa shape index (κ1) is 28.4. The highest BCUT2D eigenvalue weighted by molar-refractivity contribution is 5.95. The third-order valence-corrected chi connectivity index (χ3v) is 7.51. The lowest BCUT2D eigenvalue weighted by molar-refractivity contribution is -0.139. The minimum atomic E-state index is -0.610. The number of piperazine rings is 1. The van der Waals surface area contributed by atoms with Gasteiger partial charge >= 0.3 is 12.0 Å². The fourth-order valence-corrected chi connectivity index (χ4v) is 5.02. The predicted octanol–water partition coefficient (Wildman–Crippen LogP) is 4.26. The Labute approximate surface area is 231 Å². The lowest BCUT2D eigenvalue weighted by Gasteiger charge is -2.39. The van der Waals surface area contributed by atoms with E-state index in [4.69, 9.17) is 4.74 Å². The number of carbonyl (C=O) groups excluding carboxylic acids is 3. The van der Waals surface area contributed by atoms with Gasteiger partial charge in [0.1, 0.15) is 0 Å². The number of urea groups is 1. The van der Waals surface area contributed by atoms with Crippen LogP contribution >= 0.6 is 0 Å². The molecule has 8 heteroatoms. The van der Waals surface area contributed by atoms with Crippen LogP contribution in [0.25, 0.3) is 0 Å². The number of nitrogens with one attached hydrogen (secondary N) is 1. The molecule has 2 aromatic carbocycles. The summed E-state index contributed by atoms with van der Waals surface area (Å²) in [6, 6.07) is 14.8. The van der Waals surface area contributed by atoms with Gasteiger partial charge in [0.25, 0.3) is 5.91 Å². The molecule has 208 valence electrons. The minimum absolute atomic E-state index is 0.0114. The first-order chi connectivity index (χ1) is 18.5. The summed E-state index contributed by atoms with van der Waals surface area (Å²) in [5.41, 5.74) is 4.86. The molecule has 0 radical (unpaired) electrons. The monoisotopic (exact) mass is 532 g/mol. The van der Waals surface area contributed by atoms with Gasteiger partial charge in [-0.3, -0.25) is 14.6 Å². The van der Waals surface area contributed by atoms with Gasteiger partial charge in [0, 0.05) is 51.0 Å². The largest absolute Gasteiger partial charge is 0.463 e. The standard InChI is InChI=1S/C31H40N4O4/c1-7-39-29(37)26-25(20-34-16-18-35(19-17-34)28(36)23-10-8-21(2)9-11-23)33(6)30(38)32-27(26)22-12-14-24(15-13-22)31(3,4)5/h8-15,27H,7,16-20H2,1-6H3,(H,32,38)/t27-/m1/s1. The molecule has 1 saturated heterocycles. The van der Waals surface area contributed by atoms with Crippen LogP contribution in [0.1, 0.15) is 60.8 Å². The second-order valence-corrected chi connectivity index (χ2v) is 11.3. The average molecular weight is 533 g/mol. The number of aryl methyl sites for hydroxylation is 1. The number of esters is 1. The first-order valence-electron chi connectivity index (χ1n) is 13.6. The molecule has 0 unspecified atom stereocenters. The van der Waals surface area contributed by atoms with Crippen LogP contribution in [0.2, 0.25) is 0 Å². The third kappa shape index (κ3) is 6.33. The van der Waals surface area contributed by atoms with Crippen LogP contribution in [0, 0.1) is 6.92 Å². The van der Waals surface area contributed by atoms with Crippen LogP contribution in [-0.4, -0.2) is 79.0 Å². The maximum Gasteiger partial charge on any atom is 0.338 e. The van der Waals surface area contributed by atoms with E-state index in [2.05, 4.69) is 31.0 Å². The Morgan fingerprint density at radius 1 is 0.974 bits per heavy atom. The molecule has 39 heavy (non-hydrogen) atoms. The normalized spacial score (nSPS) is 18.7. The summed E-state index contributed by atoms with van der Waals surface area (Å²) in [5.74, 6) is -0.411. The lowest BCUT2D eigenvalue weighted by Crippen LogP contribution is -2.53. The molecule has 0 spiro atoms. The molecule has 1 N–H and O–H groups in total. The first-order valence-corrected chi connectivity index (χ1v) is 13.6. The van der Waals surface area contributed by atoms with Gasteiger partial charge in [-0.2, -0.15) is 0 Å². The van der Waals surface area contributed by atoms with Gasteiger partial charge in [-0.25, -0.2) is 9.59 Å². The van der Waals surface area contributed by atoms with Crippen molar-refractivity contribution in [3.8, 4) is 0 Å². The highest BCUT2D eigenvalue weighted by Gasteiger charge is 2.38. The SMILES string of the molecule is CCOC(=O)C1=C(CN2CCN(C(=O)c3ccc(C)cc3)CC2)N(C)C(=O)N[C@@H]1c1ccc(C(C)(C)C)cc1. The second kappa shape index (κ2) is 11.6. The highest BCUT2D eigenvalue weighted by atomic mass is 16.5. The zero-order valence-corrected chi connectivity index (χ0v) is 23.9. The van der Waals surface area contributed by atoms with Crippen LogP contribution in [0.3, 0.4) is 0 Å².